The summed E-state index contributed by atoms with van der Waals surface area (Å²) >= 11 is 0. The Hall–Kier alpha value is -1.30. The summed E-state index contributed by atoms with van der Waals surface area (Å²) in [5.74, 6) is 0. The molecular weight excluding hydrogens is 228 g/mol. The van der Waals surface area contributed by atoms with Crippen LogP contribution in [0.1, 0.15) is 61.3 Å². The quantitative estimate of drug-likeness (QED) is 0.451. The molecule has 0 fully saturated rings. The van der Waals surface area contributed by atoms with Gasteiger partial charge in [0, 0.05) is 0 Å². The first-order chi connectivity index (χ1) is 9.28. The van der Waals surface area contributed by atoms with Crippen molar-refractivity contribution in [3.8, 4) is 0 Å². The fourth-order valence-corrected chi connectivity index (χ4v) is 1.30. The predicted molar refractivity (Wildman–Crippen MR) is 93.6 cm³/mol. The van der Waals surface area contributed by atoms with Crippen LogP contribution in [0.2, 0.25) is 0 Å². The third-order valence-electron chi connectivity index (χ3n) is 2.06. The van der Waals surface area contributed by atoms with Crippen molar-refractivity contribution in [3.05, 3.63) is 60.3 Å². The largest absolute Gasteiger partial charge is 0.0991 e. The second-order valence-corrected chi connectivity index (χ2v) is 3.33. The summed E-state index contributed by atoms with van der Waals surface area (Å²) < 4.78 is 0. The lowest BCUT2D eigenvalue weighted by Gasteiger charge is -2.02. The van der Waals surface area contributed by atoms with Gasteiger partial charge in [-0.15, -0.1) is 0 Å². The molecule has 0 heterocycles. The van der Waals surface area contributed by atoms with E-state index in [0.717, 1.165) is 12.8 Å². The van der Waals surface area contributed by atoms with Crippen LogP contribution in [0.3, 0.4) is 0 Å². The lowest BCUT2D eigenvalue weighted by Crippen LogP contribution is -1.82. The van der Waals surface area contributed by atoms with Crippen LogP contribution in [0.25, 0.3) is 0 Å². The highest BCUT2D eigenvalue weighted by molar-refractivity contribution is 5.32. The van der Waals surface area contributed by atoms with Gasteiger partial charge in [-0.1, -0.05) is 83.7 Å². The zero-order chi connectivity index (χ0) is 15.5. The molecule has 0 aromatic rings. The normalized spacial score (nSPS) is 11.7. The molecule has 110 valence electrons. The Bertz CT molecular complexity index is 285. The third-order valence-corrected chi connectivity index (χ3v) is 2.06. The molecule has 0 heteroatoms. The molecule has 0 aliphatic carbocycles. The van der Waals surface area contributed by atoms with E-state index in [1.165, 1.54) is 11.1 Å². The summed E-state index contributed by atoms with van der Waals surface area (Å²) in [5.41, 5.74) is 2.64. The van der Waals surface area contributed by atoms with Crippen molar-refractivity contribution in [2.75, 3.05) is 0 Å². The molecule has 0 aliphatic heterocycles. The summed E-state index contributed by atoms with van der Waals surface area (Å²) in [7, 11) is 0. The Balaban J connectivity index is -0.000000579. The van der Waals surface area contributed by atoms with Crippen molar-refractivity contribution in [2.24, 2.45) is 0 Å². The smallest absolute Gasteiger partial charge is 0.00293 e. The lowest BCUT2D eigenvalue weighted by atomic mass is 10.0. The van der Waals surface area contributed by atoms with E-state index < -0.39 is 0 Å². The monoisotopic (exact) mass is 262 g/mol. The molecule has 0 aromatic carbocycles. The van der Waals surface area contributed by atoms with Gasteiger partial charge in [-0.05, 0) is 37.8 Å². The van der Waals surface area contributed by atoms with Crippen LogP contribution in [0.5, 0.6) is 0 Å². The highest BCUT2D eigenvalue weighted by Gasteiger charge is 1.94. The summed E-state index contributed by atoms with van der Waals surface area (Å²) in [6.45, 7) is 18.0. The molecule has 0 aromatic heterocycles. The van der Waals surface area contributed by atoms with E-state index in [1.54, 1.807) is 0 Å². The molecule has 0 unspecified atom stereocenters. The van der Waals surface area contributed by atoms with Crippen LogP contribution >= 0.6 is 0 Å². The van der Waals surface area contributed by atoms with Crippen LogP contribution < -0.4 is 0 Å². The van der Waals surface area contributed by atoms with Crippen LogP contribution in [0.15, 0.2) is 60.3 Å². The van der Waals surface area contributed by atoms with Crippen LogP contribution in [0, 0.1) is 0 Å². The van der Waals surface area contributed by atoms with Crippen molar-refractivity contribution >= 4 is 0 Å². The third kappa shape index (κ3) is 16.7. The first-order valence-electron chi connectivity index (χ1n) is 7.54. The van der Waals surface area contributed by atoms with E-state index in [2.05, 4.69) is 56.9 Å². The summed E-state index contributed by atoms with van der Waals surface area (Å²) in [6.07, 6.45) is 16.7. The maximum atomic E-state index is 3.73. The molecule has 0 spiro atoms. The zero-order valence-corrected chi connectivity index (χ0v) is 14.2. The van der Waals surface area contributed by atoms with Gasteiger partial charge < -0.3 is 0 Å². The molecule has 0 bridgehead atoms. The minimum absolute atomic E-state index is 0.976. The SMILES string of the molecule is C=C/C=C(\C=C/C)CC(/C=C\CC)=C/C.CC.CC. The second kappa shape index (κ2) is 21.9. The zero-order valence-electron chi connectivity index (χ0n) is 14.2. The number of hydrogen-bond donors (Lipinski definition) is 0. The van der Waals surface area contributed by atoms with Crippen LogP contribution in [-0.4, -0.2) is 0 Å². The van der Waals surface area contributed by atoms with Crippen molar-refractivity contribution < 1.29 is 0 Å². The lowest BCUT2D eigenvalue weighted by molar-refractivity contribution is 1.17. The number of hydrogen-bond acceptors (Lipinski definition) is 0. The minimum Gasteiger partial charge on any atom is -0.0991 e. The molecule has 0 amide bonds. The maximum Gasteiger partial charge on any atom is -0.00293 e. The minimum atomic E-state index is 0.976. The maximum absolute atomic E-state index is 3.73. The van der Waals surface area contributed by atoms with Gasteiger partial charge in [0.05, 0.1) is 0 Å². The molecule has 0 radical (unpaired) electrons. The Labute approximate surface area is 122 Å². The Morgan fingerprint density at radius 3 is 1.89 bits per heavy atom. The molecule has 0 rings (SSSR count). The molecular formula is C19H34. The van der Waals surface area contributed by atoms with E-state index in [4.69, 9.17) is 0 Å². The first kappa shape index (κ1) is 22.8. The Morgan fingerprint density at radius 1 is 0.947 bits per heavy atom. The molecule has 19 heavy (non-hydrogen) atoms. The number of allylic oxidation sites excluding steroid dienone is 9. The van der Waals surface area contributed by atoms with E-state index in [1.807, 2.05) is 40.7 Å². The standard InChI is InChI=1S/C15H22.2C2H6/c1-5-9-12-14(8-4)13-15(10-6-2)11-7-3;2*1-2/h6-12H,2,5,13H2,1,3-4H3;2*1-2H3/b11-7-,12-9-,14-8+,15-10+;;. The van der Waals surface area contributed by atoms with Gasteiger partial charge >= 0.3 is 0 Å². The van der Waals surface area contributed by atoms with Gasteiger partial charge in [-0.25, -0.2) is 0 Å². The van der Waals surface area contributed by atoms with Crippen LogP contribution in [0.4, 0.5) is 0 Å². The average Bonchev–Trinajstić information content (AvgIpc) is 2.48. The molecule has 0 nitrogen and oxygen atoms in total. The second-order valence-electron chi connectivity index (χ2n) is 3.33. The van der Waals surface area contributed by atoms with E-state index in [9.17, 15) is 0 Å². The van der Waals surface area contributed by atoms with Crippen molar-refractivity contribution in [2.45, 2.75) is 61.3 Å². The first-order valence-corrected chi connectivity index (χ1v) is 7.54. The molecule has 0 aliphatic rings. The fraction of sp³-hybridized carbons (Fsp3) is 0.474. The van der Waals surface area contributed by atoms with E-state index in [-0.39, 0.29) is 0 Å². The van der Waals surface area contributed by atoms with Crippen molar-refractivity contribution in [3.63, 3.8) is 0 Å². The molecule has 0 saturated heterocycles. The predicted octanol–water partition coefficient (Wildman–Crippen LogP) is 7.03. The van der Waals surface area contributed by atoms with Crippen molar-refractivity contribution in [1.82, 2.24) is 0 Å². The van der Waals surface area contributed by atoms with E-state index >= 15 is 0 Å². The summed E-state index contributed by atoms with van der Waals surface area (Å²) in [4.78, 5) is 0. The number of rotatable bonds is 6. The van der Waals surface area contributed by atoms with Crippen molar-refractivity contribution in [1.29, 1.82) is 0 Å². The molecule has 0 N–H and O–H groups in total. The van der Waals surface area contributed by atoms with Crippen LogP contribution in [-0.2, 0) is 0 Å². The molecule has 0 atom stereocenters. The Morgan fingerprint density at radius 2 is 1.53 bits per heavy atom. The summed E-state index contributed by atoms with van der Waals surface area (Å²) in [5, 5.41) is 0. The van der Waals surface area contributed by atoms with E-state index in [0.29, 0.717) is 0 Å². The fourth-order valence-electron chi connectivity index (χ4n) is 1.30. The Kier molecular flexibility index (Phi) is 26.4. The molecule has 0 saturated carbocycles. The van der Waals surface area contributed by atoms with Gasteiger partial charge in [0.2, 0.25) is 0 Å². The topological polar surface area (TPSA) is 0 Å². The van der Waals surface area contributed by atoms with Gasteiger partial charge in [0.25, 0.3) is 0 Å². The highest BCUT2D eigenvalue weighted by Crippen LogP contribution is 2.14. The highest BCUT2D eigenvalue weighted by atomic mass is 14.0. The van der Waals surface area contributed by atoms with Gasteiger partial charge in [0.15, 0.2) is 0 Å². The average molecular weight is 262 g/mol. The van der Waals surface area contributed by atoms with Gasteiger partial charge in [0.1, 0.15) is 0 Å². The summed E-state index contributed by atoms with van der Waals surface area (Å²) in [6, 6.07) is 0. The van der Waals surface area contributed by atoms with Gasteiger partial charge in [-0.3, -0.25) is 0 Å². The van der Waals surface area contributed by atoms with Gasteiger partial charge in [-0.2, -0.15) is 0 Å².